The fourth-order valence-electron chi connectivity index (χ4n) is 1.63. The third-order valence-electron chi connectivity index (χ3n) is 2.60. The fourth-order valence-corrected chi connectivity index (χ4v) is 3.97. The lowest BCUT2D eigenvalue weighted by molar-refractivity contribution is 0.581. The molecule has 7 heteroatoms. The maximum absolute atomic E-state index is 12.2. The average Bonchev–Trinajstić information content (AvgIpc) is 2.37. The molecule has 1 N–H and O–H groups in total. The largest absolute Gasteiger partial charge is 0.243 e. The van der Waals surface area contributed by atoms with E-state index in [4.69, 9.17) is 34.8 Å². The Morgan fingerprint density at radius 2 is 1.40 bits per heavy atom. The van der Waals surface area contributed by atoms with Gasteiger partial charge in [-0.25, -0.2) is 13.1 Å². The molecule has 2 aromatic rings. The van der Waals surface area contributed by atoms with Crippen LogP contribution in [0.5, 0.6) is 0 Å². The van der Waals surface area contributed by atoms with Crippen LogP contribution in [-0.4, -0.2) is 8.42 Å². The van der Waals surface area contributed by atoms with Crippen LogP contribution in [0, 0.1) is 0 Å². The number of nitrogens with one attached hydrogen (secondary N) is 1. The highest BCUT2D eigenvalue weighted by Crippen LogP contribution is 2.29. The first-order valence-corrected chi connectivity index (χ1v) is 8.20. The smallest absolute Gasteiger partial charge is 0.207 e. The van der Waals surface area contributed by atoms with E-state index in [1.165, 1.54) is 12.1 Å². The van der Waals surface area contributed by atoms with Crippen molar-refractivity contribution in [2.24, 2.45) is 0 Å². The Bertz CT molecular complexity index is 712. The van der Waals surface area contributed by atoms with Gasteiger partial charge in [0.05, 0.1) is 10.0 Å². The summed E-state index contributed by atoms with van der Waals surface area (Å²) in [5.41, 5.74) is 0.668. The molecule has 0 aromatic heterocycles. The van der Waals surface area contributed by atoms with E-state index in [1.54, 1.807) is 30.3 Å². The molecule has 0 amide bonds. The zero-order valence-corrected chi connectivity index (χ0v) is 13.2. The van der Waals surface area contributed by atoms with Crippen molar-refractivity contribution in [2.75, 3.05) is 0 Å². The van der Waals surface area contributed by atoms with Crippen molar-refractivity contribution in [3.05, 3.63) is 63.1 Å². The maximum atomic E-state index is 12.2. The minimum atomic E-state index is -3.81. The lowest BCUT2D eigenvalue weighted by atomic mass is 10.2. The van der Waals surface area contributed by atoms with E-state index in [-0.39, 0.29) is 21.5 Å². The summed E-state index contributed by atoms with van der Waals surface area (Å²) in [5, 5.41) is 0.633. The van der Waals surface area contributed by atoms with Gasteiger partial charge in [-0.1, -0.05) is 59.1 Å². The molecule has 2 rings (SSSR count). The molecule has 0 aliphatic heterocycles. The van der Waals surface area contributed by atoms with Crippen LogP contribution in [0.4, 0.5) is 0 Å². The zero-order chi connectivity index (χ0) is 14.8. The quantitative estimate of drug-likeness (QED) is 0.901. The molecule has 0 spiro atoms. The lowest BCUT2D eigenvalue weighted by Gasteiger charge is -2.10. The van der Waals surface area contributed by atoms with Gasteiger partial charge in [0.25, 0.3) is 0 Å². The van der Waals surface area contributed by atoms with E-state index in [2.05, 4.69) is 4.72 Å². The standard InChI is InChI=1S/C13H10Cl3NO2S/c14-10-5-2-1-4-9(10)8-17-20(18,19)13-11(15)6-3-7-12(13)16/h1-7,17H,8H2. The van der Waals surface area contributed by atoms with Crippen LogP contribution in [0.25, 0.3) is 0 Å². The van der Waals surface area contributed by atoms with Crippen molar-refractivity contribution in [1.29, 1.82) is 0 Å². The van der Waals surface area contributed by atoms with Gasteiger partial charge >= 0.3 is 0 Å². The van der Waals surface area contributed by atoms with Crippen LogP contribution in [0.15, 0.2) is 47.4 Å². The average molecular weight is 351 g/mol. The minimum Gasteiger partial charge on any atom is -0.207 e. The molecule has 0 unspecified atom stereocenters. The van der Waals surface area contributed by atoms with Crippen LogP contribution >= 0.6 is 34.8 Å². The summed E-state index contributed by atoms with van der Waals surface area (Å²) in [6.07, 6.45) is 0. The molecule has 20 heavy (non-hydrogen) atoms. The molecular formula is C13H10Cl3NO2S. The molecular weight excluding hydrogens is 341 g/mol. The molecule has 0 fully saturated rings. The molecule has 0 aliphatic carbocycles. The number of hydrogen-bond donors (Lipinski definition) is 1. The van der Waals surface area contributed by atoms with Crippen LogP contribution < -0.4 is 4.72 Å². The molecule has 2 aromatic carbocycles. The summed E-state index contributed by atoms with van der Waals surface area (Å²) in [6.45, 7) is 0.0591. The van der Waals surface area contributed by atoms with Gasteiger partial charge in [-0.05, 0) is 23.8 Å². The van der Waals surface area contributed by atoms with Crippen LogP contribution in [0.2, 0.25) is 15.1 Å². The summed E-state index contributed by atoms with van der Waals surface area (Å²) in [4.78, 5) is -0.129. The first kappa shape index (κ1) is 15.6. The van der Waals surface area contributed by atoms with Crippen molar-refractivity contribution >= 4 is 44.8 Å². The number of rotatable bonds is 4. The van der Waals surface area contributed by atoms with E-state index in [0.717, 1.165) is 0 Å². The lowest BCUT2D eigenvalue weighted by Crippen LogP contribution is -2.24. The number of sulfonamides is 1. The Morgan fingerprint density at radius 1 is 0.850 bits per heavy atom. The number of hydrogen-bond acceptors (Lipinski definition) is 2. The predicted octanol–water partition coefficient (Wildman–Crippen LogP) is 4.13. The van der Waals surface area contributed by atoms with Crippen molar-refractivity contribution in [2.45, 2.75) is 11.4 Å². The van der Waals surface area contributed by atoms with Gasteiger partial charge in [-0.3, -0.25) is 0 Å². The Morgan fingerprint density at radius 3 is 2.00 bits per heavy atom. The Balaban J connectivity index is 2.27. The highest BCUT2D eigenvalue weighted by molar-refractivity contribution is 7.89. The van der Waals surface area contributed by atoms with Gasteiger partial charge < -0.3 is 0 Å². The first-order chi connectivity index (χ1) is 9.42. The molecule has 3 nitrogen and oxygen atoms in total. The fraction of sp³-hybridized carbons (Fsp3) is 0.0769. The van der Waals surface area contributed by atoms with Crippen molar-refractivity contribution < 1.29 is 8.42 Å². The molecule has 0 bridgehead atoms. The van der Waals surface area contributed by atoms with E-state index in [9.17, 15) is 8.42 Å². The summed E-state index contributed by atoms with van der Waals surface area (Å²) in [7, 11) is -3.81. The van der Waals surface area contributed by atoms with Gasteiger partial charge in [0.1, 0.15) is 4.90 Å². The van der Waals surface area contributed by atoms with Crippen LogP contribution in [0.1, 0.15) is 5.56 Å². The molecule has 0 saturated carbocycles. The predicted molar refractivity (Wildman–Crippen MR) is 81.9 cm³/mol. The maximum Gasteiger partial charge on any atom is 0.243 e. The molecule has 0 aliphatic rings. The molecule has 0 heterocycles. The van der Waals surface area contributed by atoms with Crippen LogP contribution in [0.3, 0.4) is 0 Å². The Labute approximate surface area is 132 Å². The van der Waals surface area contributed by atoms with E-state index < -0.39 is 10.0 Å². The first-order valence-electron chi connectivity index (χ1n) is 5.59. The second kappa shape index (κ2) is 6.33. The number of benzene rings is 2. The summed E-state index contributed by atoms with van der Waals surface area (Å²) in [5.74, 6) is 0. The highest BCUT2D eigenvalue weighted by atomic mass is 35.5. The molecule has 0 atom stereocenters. The number of halogens is 3. The monoisotopic (exact) mass is 349 g/mol. The van der Waals surface area contributed by atoms with Crippen LogP contribution in [-0.2, 0) is 16.6 Å². The summed E-state index contributed by atoms with van der Waals surface area (Å²) in [6, 6.07) is 11.5. The van der Waals surface area contributed by atoms with Crippen molar-refractivity contribution in [3.63, 3.8) is 0 Å². The topological polar surface area (TPSA) is 46.2 Å². The molecule has 0 radical (unpaired) electrons. The van der Waals surface area contributed by atoms with Gasteiger partial charge in [0.15, 0.2) is 0 Å². The third kappa shape index (κ3) is 3.45. The van der Waals surface area contributed by atoms with E-state index >= 15 is 0 Å². The summed E-state index contributed by atoms with van der Waals surface area (Å²) < 4.78 is 26.9. The summed E-state index contributed by atoms with van der Waals surface area (Å²) >= 11 is 17.8. The van der Waals surface area contributed by atoms with E-state index in [1.807, 2.05) is 0 Å². The SMILES string of the molecule is O=S(=O)(NCc1ccccc1Cl)c1c(Cl)cccc1Cl. The van der Waals surface area contributed by atoms with Gasteiger partial charge in [-0.2, -0.15) is 0 Å². The Kier molecular flexibility index (Phi) is 4.94. The minimum absolute atomic E-state index is 0.0591. The van der Waals surface area contributed by atoms with Crippen molar-refractivity contribution in [3.8, 4) is 0 Å². The molecule has 106 valence electrons. The second-order valence-electron chi connectivity index (χ2n) is 3.97. The Hall–Kier alpha value is -0.780. The van der Waals surface area contributed by atoms with Gasteiger partial charge in [-0.15, -0.1) is 0 Å². The normalized spacial score (nSPS) is 11.6. The third-order valence-corrected chi connectivity index (χ3v) is 5.32. The zero-order valence-electron chi connectivity index (χ0n) is 10.1. The van der Waals surface area contributed by atoms with Gasteiger partial charge in [0, 0.05) is 11.6 Å². The van der Waals surface area contributed by atoms with Gasteiger partial charge in [0.2, 0.25) is 10.0 Å². The molecule has 0 saturated heterocycles. The second-order valence-corrected chi connectivity index (χ2v) is 6.89. The van der Waals surface area contributed by atoms with Crippen molar-refractivity contribution in [1.82, 2.24) is 4.72 Å². The highest BCUT2D eigenvalue weighted by Gasteiger charge is 2.21. The van der Waals surface area contributed by atoms with E-state index in [0.29, 0.717) is 10.6 Å².